The molecule has 1 aliphatic heterocycles. The standard InChI is InChI=1S/C24H18IN9S/c1-14-30-32-23-22(29-24(35)27-17-8-10-18(11-9-17)31-33-26)28-21(15-5-3-2-4-6-15)19-13-16(25)7-12-20(19)34(14)23/h2-13,22H,1H3,(H2,27,29,35). The molecule has 4 aromatic rings. The summed E-state index contributed by atoms with van der Waals surface area (Å²) < 4.78 is 3.12. The highest BCUT2D eigenvalue weighted by atomic mass is 127. The fourth-order valence-electron chi connectivity index (χ4n) is 3.88. The average molecular weight is 591 g/mol. The average Bonchev–Trinajstić information content (AvgIpc) is 3.18. The van der Waals surface area contributed by atoms with Gasteiger partial charge in [0, 0.05) is 31.0 Å². The maximum absolute atomic E-state index is 8.59. The molecule has 9 nitrogen and oxygen atoms in total. The Balaban J connectivity index is 1.55. The van der Waals surface area contributed by atoms with Crippen LogP contribution in [0.1, 0.15) is 28.9 Å². The normalized spacial score (nSPS) is 14.0. The number of hydrogen-bond acceptors (Lipinski definition) is 5. The zero-order valence-corrected chi connectivity index (χ0v) is 21.4. The van der Waals surface area contributed by atoms with E-state index in [1.165, 1.54) is 0 Å². The van der Waals surface area contributed by atoms with Gasteiger partial charge in [0.15, 0.2) is 17.1 Å². The number of azide groups is 1. The molecule has 1 aromatic heterocycles. The lowest BCUT2D eigenvalue weighted by Crippen LogP contribution is -2.33. The third-order valence-electron chi connectivity index (χ3n) is 5.41. The predicted molar refractivity (Wildman–Crippen MR) is 148 cm³/mol. The fourth-order valence-corrected chi connectivity index (χ4v) is 4.60. The minimum absolute atomic E-state index is 0.371. The molecule has 0 saturated carbocycles. The number of aromatic nitrogens is 3. The van der Waals surface area contributed by atoms with Crippen LogP contribution in [0.5, 0.6) is 0 Å². The van der Waals surface area contributed by atoms with Crippen LogP contribution in [0.2, 0.25) is 0 Å². The van der Waals surface area contributed by atoms with Gasteiger partial charge in [-0.25, -0.2) is 0 Å². The monoisotopic (exact) mass is 591 g/mol. The second-order valence-corrected chi connectivity index (χ2v) is 9.34. The molecular weight excluding hydrogens is 573 g/mol. The number of aliphatic imine (C=N–C) groups is 1. The molecule has 1 unspecified atom stereocenters. The number of thiocarbonyl (C=S) groups is 1. The molecule has 11 heteroatoms. The quantitative estimate of drug-likeness (QED) is 0.1000. The van der Waals surface area contributed by atoms with Gasteiger partial charge in [-0.2, -0.15) is 0 Å². The third-order valence-corrected chi connectivity index (χ3v) is 6.30. The van der Waals surface area contributed by atoms with Crippen molar-refractivity contribution in [1.29, 1.82) is 0 Å². The number of nitrogens with zero attached hydrogens (tertiary/aromatic N) is 7. The Morgan fingerprint density at radius 1 is 1.09 bits per heavy atom. The van der Waals surface area contributed by atoms with E-state index in [-0.39, 0.29) is 0 Å². The van der Waals surface area contributed by atoms with E-state index in [9.17, 15) is 0 Å². The molecule has 0 bridgehead atoms. The number of rotatable bonds is 4. The molecule has 0 fully saturated rings. The lowest BCUT2D eigenvalue weighted by molar-refractivity contribution is 0.627. The molecule has 0 radical (unpaired) electrons. The first-order chi connectivity index (χ1) is 17.0. The second kappa shape index (κ2) is 9.82. The number of halogens is 1. The van der Waals surface area contributed by atoms with Crippen LogP contribution in [-0.4, -0.2) is 25.6 Å². The van der Waals surface area contributed by atoms with E-state index in [0.717, 1.165) is 37.6 Å². The van der Waals surface area contributed by atoms with Crippen LogP contribution >= 0.6 is 34.8 Å². The van der Waals surface area contributed by atoms with E-state index < -0.39 is 6.17 Å². The van der Waals surface area contributed by atoms with Gasteiger partial charge >= 0.3 is 0 Å². The highest BCUT2D eigenvalue weighted by molar-refractivity contribution is 14.1. The fraction of sp³-hybridized carbons (Fsp3) is 0.0833. The van der Waals surface area contributed by atoms with Crippen molar-refractivity contribution in [2.24, 2.45) is 10.1 Å². The van der Waals surface area contributed by atoms with Gasteiger partial charge in [-0.15, -0.1) is 10.2 Å². The molecule has 2 heterocycles. The van der Waals surface area contributed by atoms with Crippen LogP contribution in [0.4, 0.5) is 11.4 Å². The number of nitrogens with one attached hydrogen (secondary N) is 2. The summed E-state index contributed by atoms with van der Waals surface area (Å²) in [4.78, 5) is 7.90. The summed E-state index contributed by atoms with van der Waals surface area (Å²) in [5.41, 5.74) is 13.6. The maximum Gasteiger partial charge on any atom is 0.183 e. The molecule has 35 heavy (non-hydrogen) atoms. The number of anilines is 1. The van der Waals surface area contributed by atoms with Gasteiger partial charge < -0.3 is 10.6 Å². The Labute approximate surface area is 220 Å². The van der Waals surface area contributed by atoms with Gasteiger partial charge in [-0.1, -0.05) is 47.6 Å². The van der Waals surface area contributed by atoms with Crippen LogP contribution in [0.3, 0.4) is 0 Å². The first-order valence-electron chi connectivity index (χ1n) is 10.6. The molecule has 0 spiro atoms. The maximum atomic E-state index is 8.59. The van der Waals surface area contributed by atoms with E-state index in [4.69, 9.17) is 22.7 Å². The van der Waals surface area contributed by atoms with Crippen LogP contribution in [0, 0.1) is 10.5 Å². The van der Waals surface area contributed by atoms with Crippen molar-refractivity contribution in [3.63, 3.8) is 0 Å². The third kappa shape index (κ3) is 4.74. The van der Waals surface area contributed by atoms with Crippen molar-refractivity contribution < 1.29 is 0 Å². The highest BCUT2D eigenvalue weighted by Gasteiger charge is 2.28. The summed E-state index contributed by atoms with van der Waals surface area (Å²) in [6.45, 7) is 1.92. The van der Waals surface area contributed by atoms with E-state index in [2.05, 4.69) is 71.6 Å². The van der Waals surface area contributed by atoms with Gasteiger partial charge in [0.1, 0.15) is 5.82 Å². The molecule has 5 rings (SSSR count). The molecule has 2 N–H and O–H groups in total. The first kappa shape index (κ1) is 23.0. The van der Waals surface area contributed by atoms with Gasteiger partial charge in [0.05, 0.1) is 11.4 Å². The van der Waals surface area contributed by atoms with E-state index in [0.29, 0.717) is 16.6 Å². The lowest BCUT2D eigenvalue weighted by atomic mass is 10.0. The number of fused-ring (bicyclic) bond motifs is 3. The smallest absolute Gasteiger partial charge is 0.183 e. The Morgan fingerprint density at radius 3 is 2.60 bits per heavy atom. The Bertz CT molecular complexity index is 1490. The highest BCUT2D eigenvalue weighted by Crippen LogP contribution is 2.31. The Kier molecular flexibility index (Phi) is 6.45. The summed E-state index contributed by atoms with van der Waals surface area (Å²) in [6, 6.07) is 23.3. The molecule has 0 amide bonds. The van der Waals surface area contributed by atoms with E-state index in [1.54, 1.807) is 24.3 Å². The number of benzene rings is 3. The van der Waals surface area contributed by atoms with Crippen molar-refractivity contribution in [3.8, 4) is 5.69 Å². The number of aryl methyl sites for hydroxylation is 1. The van der Waals surface area contributed by atoms with E-state index in [1.807, 2.05) is 41.8 Å². The van der Waals surface area contributed by atoms with Crippen molar-refractivity contribution in [3.05, 3.63) is 110 Å². The molecule has 3 aromatic carbocycles. The van der Waals surface area contributed by atoms with Crippen LogP contribution in [-0.2, 0) is 0 Å². The largest absolute Gasteiger partial charge is 0.334 e. The number of hydrogen-bond donors (Lipinski definition) is 2. The first-order valence-corrected chi connectivity index (χ1v) is 12.1. The summed E-state index contributed by atoms with van der Waals surface area (Å²) in [6.07, 6.45) is -0.584. The van der Waals surface area contributed by atoms with Gasteiger partial charge in [-0.05, 0) is 77.6 Å². The predicted octanol–water partition coefficient (Wildman–Crippen LogP) is 5.96. The van der Waals surface area contributed by atoms with Crippen LogP contribution in [0.25, 0.3) is 16.1 Å². The Morgan fingerprint density at radius 2 is 1.86 bits per heavy atom. The lowest BCUT2D eigenvalue weighted by Gasteiger charge is -2.17. The SMILES string of the molecule is Cc1nnc2n1-c1ccc(I)cc1C(c1ccccc1)=NC2NC(=S)Nc1ccc(N=[N+]=[N-])cc1. The second-order valence-electron chi connectivity index (χ2n) is 7.68. The zero-order chi connectivity index (χ0) is 24.4. The van der Waals surface area contributed by atoms with Gasteiger partial charge in [0.2, 0.25) is 0 Å². The molecule has 0 aliphatic carbocycles. The summed E-state index contributed by atoms with van der Waals surface area (Å²) >= 11 is 7.92. The summed E-state index contributed by atoms with van der Waals surface area (Å²) in [7, 11) is 0. The van der Waals surface area contributed by atoms with Gasteiger partial charge in [-0.3, -0.25) is 9.56 Å². The topological polar surface area (TPSA) is 116 Å². The van der Waals surface area contributed by atoms with Crippen LogP contribution < -0.4 is 10.6 Å². The van der Waals surface area contributed by atoms with Crippen molar-refractivity contribution >= 4 is 57.0 Å². The summed E-state index contributed by atoms with van der Waals surface area (Å²) in [5.74, 6) is 1.39. The minimum Gasteiger partial charge on any atom is -0.334 e. The molecule has 172 valence electrons. The summed E-state index contributed by atoms with van der Waals surface area (Å²) in [5, 5.41) is 19.2. The zero-order valence-electron chi connectivity index (χ0n) is 18.4. The van der Waals surface area contributed by atoms with E-state index >= 15 is 0 Å². The van der Waals surface area contributed by atoms with Crippen molar-refractivity contribution in [1.82, 2.24) is 20.1 Å². The van der Waals surface area contributed by atoms with Gasteiger partial charge in [0.25, 0.3) is 0 Å². The minimum atomic E-state index is -0.584. The van der Waals surface area contributed by atoms with Crippen molar-refractivity contribution in [2.75, 3.05) is 5.32 Å². The Hall–Kier alpha value is -3.80. The van der Waals surface area contributed by atoms with Crippen molar-refractivity contribution in [2.45, 2.75) is 13.1 Å². The van der Waals surface area contributed by atoms with Crippen LogP contribution in [0.15, 0.2) is 82.9 Å². The molecule has 1 atom stereocenters. The molecule has 1 aliphatic rings. The molecule has 0 saturated heterocycles. The molecular formula is C24H18IN9S.